The van der Waals surface area contributed by atoms with Crippen LogP contribution in [0.1, 0.15) is 33.9 Å². The lowest BCUT2D eigenvalue weighted by Gasteiger charge is -2.37. The molecular weight excluding hydrogens is 355 g/mol. The van der Waals surface area contributed by atoms with Crippen molar-refractivity contribution < 1.29 is 13.9 Å². The standard InChI is InChI=1S/C23H17FN2O2/c24-17-12-10-16(11-13-17)22(27)23-26-20(18-8-4-5-9-21(18)28-23)14-19(25-26)15-6-2-1-3-7-15/h1-13,20,23H,14H2/t20-,23+/m1/s1. The zero-order valence-corrected chi connectivity index (χ0v) is 15.0. The average Bonchev–Trinajstić information content (AvgIpc) is 3.20. The third kappa shape index (κ3) is 2.76. The molecule has 0 saturated heterocycles. The molecule has 28 heavy (non-hydrogen) atoms. The van der Waals surface area contributed by atoms with Gasteiger partial charge in [-0.15, -0.1) is 0 Å². The maximum absolute atomic E-state index is 13.3. The lowest BCUT2D eigenvalue weighted by Crippen LogP contribution is -2.45. The lowest BCUT2D eigenvalue weighted by atomic mass is 9.96. The van der Waals surface area contributed by atoms with Crippen molar-refractivity contribution in [2.24, 2.45) is 5.10 Å². The first kappa shape index (κ1) is 16.7. The smallest absolute Gasteiger partial charge is 0.251 e. The summed E-state index contributed by atoms with van der Waals surface area (Å²) in [5.41, 5.74) is 3.36. The number of rotatable bonds is 3. The fourth-order valence-electron chi connectivity index (χ4n) is 3.77. The highest BCUT2D eigenvalue weighted by Crippen LogP contribution is 2.43. The first-order valence-electron chi connectivity index (χ1n) is 9.17. The molecule has 138 valence electrons. The van der Waals surface area contributed by atoms with E-state index in [1.54, 1.807) is 5.01 Å². The number of hydrogen-bond acceptors (Lipinski definition) is 4. The zero-order chi connectivity index (χ0) is 19.1. The van der Waals surface area contributed by atoms with Gasteiger partial charge in [0, 0.05) is 17.5 Å². The number of ketones is 1. The number of fused-ring (bicyclic) bond motifs is 3. The first-order chi connectivity index (χ1) is 13.7. The van der Waals surface area contributed by atoms with Gasteiger partial charge >= 0.3 is 0 Å². The average molecular weight is 372 g/mol. The Labute approximate surface area is 161 Å². The van der Waals surface area contributed by atoms with E-state index >= 15 is 0 Å². The molecule has 4 nitrogen and oxygen atoms in total. The van der Waals surface area contributed by atoms with E-state index in [9.17, 15) is 9.18 Å². The molecule has 0 bridgehead atoms. The van der Waals surface area contributed by atoms with Crippen LogP contribution in [0.3, 0.4) is 0 Å². The maximum Gasteiger partial charge on any atom is 0.251 e. The van der Waals surface area contributed by atoms with Gasteiger partial charge < -0.3 is 4.74 Å². The quantitative estimate of drug-likeness (QED) is 0.632. The van der Waals surface area contributed by atoms with Crippen molar-refractivity contribution in [3.05, 3.63) is 101 Å². The Hall–Kier alpha value is -3.47. The monoisotopic (exact) mass is 372 g/mol. The van der Waals surface area contributed by atoms with Gasteiger partial charge in [-0.3, -0.25) is 4.79 Å². The van der Waals surface area contributed by atoms with E-state index in [-0.39, 0.29) is 17.6 Å². The Morgan fingerprint density at radius 3 is 2.46 bits per heavy atom. The molecule has 0 saturated carbocycles. The minimum Gasteiger partial charge on any atom is -0.461 e. The minimum absolute atomic E-state index is 0.0745. The summed E-state index contributed by atoms with van der Waals surface area (Å²) in [6.07, 6.45) is -0.191. The van der Waals surface area contributed by atoms with Crippen molar-refractivity contribution in [3.63, 3.8) is 0 Å². The summed E-state index contributed by atoms with van der Waals surface area (Å²) in [7, 11) is 0. The number of carbonyl (C=O) groups excluding carboxylic acids is 1. The van der Waals surface area contributed by atoms with Gasteiger partial charge in [-0.2, -0.15) is 5.10 Å². The topological polar surface area (TPSA) is 41.9 Å². The number of hydrogen-bond donors (Lipinski definition) is 0. The molecule has 2 aliphatic rings. The van der Waals surface area contributed by atoms with Gasteiger partial charge in [-0.1, -0.05) is 48.5 Å². The molecule has 0 aromatic heterocycles. The Morgan fingerprint density at radius 2 is 1.68 bits per heavy atom. The van der Waals surface area contributed by atoms with Gasteiger partial charge in [0.25, 0.3) is 6.23 Å². The molecule has 0 radical (unpaired) electrons. The molecule has 0 N–H and O–H groups in total. The van der Waals surface area contributed by atoms with E-state index in [1.165, 1.54) is 24.3 Å². The minimum atomic E-state index is -0.883. The summed E-state index contributed by atoms with van der Waals surface area (Å²) in [5, 5.41) is 6.50. The molecule has 0 amide bonds. The molecule has 3 aromatic carbocycles. The van der Waals surface area contributed by atoms with Crippen LogP contribution in [0.4, 0.5) is 4.39 Å². The van der Waals surface area contributed by atoms with Gasteiger partial charge in [0.15, 0.2) is 0 Å². The summed E-state index contributed by atoms with van der Waals surface area (Å²) in [6, 6.07) is 23.1. The van der Waals surface area contributed by atoms with Crippen LogP contribution in [0.2, 0.25) is 0 Å². The molecule has 2 heterocycles. The fraction of sp³-hybridized carbons (Fsp3) is 0.130. The molecular formula is C23H17FN2O2. The van der Waals surface area contributed by atoms with Crippen molar-refractivity contribution in [2.45, 2.75) is 18.7 Å². The van der Waals surface area contributed by atoms with Crippen LogP contribution in [-0.4, -0.2) is 22.7 Å². The van der Waals surface area contributed by atoms with Crippen LogP contribution in [-0.2, 0) is 0 Å². The number of ether oxygens (including phenoxy) is 1. The molecule has 0 unspecified atom stereocenters. The molecule has 0 spiro atoms. The van der Waals surface area contributed by atoms with Gasteiger partial charge in [-0.25, -0.2) is 9.40 Å². The Morgan fingerprint density at radius 1 is 0.964 bits per heavy atom. The molecule has 2 atom stereocenters. The first-order valence-corrected chi connectivity index (χ1v) is 9.17. The highest BCUT2D eigenvalue weighted by molar-refractivity contribution is 6.03. The summed E-state index contributed by atoms with van der Waals surface area (Å²) in [6.45, 7) is 0. The van der Waals surface area contributed by atoms with Crippen LogP contribution >= 0.6 is 0 Å². The van der Waals surface area contributed by atoms with Gasteiger partial charge in [-0.05, 0) is 35.9 Å². The second kappa shape index (κ2) is 6.60. The fourth-order valence-corrected chi connectivity index (χ4v) is 3.77. The van der Waals surface area contributed by atoms with E-state index in [4.69, 9.17) is 9.84 Å². The summed E-state index contributed by atoms with van der Waals surface area (Å²) < 4.78 is 19.3. The second-order valence-electron chi connectivity index (χ2n) is 6.89. The van der Waals surface area contributed by atoms with Crippen molar-refractivity contribution in [2.75, 3.05) is 0 Å². The molecule has 3 aromatic rings. The van der Waals surface area contributed by atoms with Crippen molar-refractivity contribution in [3.8, 4) is 5.75 Å². The van der Waals surface area contributed by atoms with E-state index < -0.39 is 6.23 Å². The second-order valence-corrected chi connectivity index (χ2v) is 6.89. The zero-order valence-electron chi connectivity index (χ0n) is 15.0. The van der Waals surface area contributed by atoms with Crippen LogP contribution in [0.5, 0.6) is 5.75 Å². The van der Waals surface area contributed by atoms with Crippen molar-refractivity contribution in [1.29, 1.82) is 0 Å². The van der Waals surface area contributed by atoms with Crippen LogP contribution in [0, 0.1) is 5.82 Å². The van der Waals surface area contributed by atoms with Gasteiger partial charge in [0.1, 0.15) is 11.6 Å². The summed E-state index contributed by atoms with van der Waals surface area (Å²) >= 11 is 0. The number of hydrazone groups is 1. The van der Waals surface area contributed by atoms with E-state index in [0.29, 0.717) is 17.7 Å². The van der Waals surface area contributed by atoms with Crippen LogP contribution in [0.25, 0.3) is 0 Å². The third-order valence-corrected chi connectivity index (χ3v) is 5.16. The number of halogens is 1. The number of para-hydroxylation sites is 1. The Kier molecular flexibility index (Phi) is 3.93. The Bertz CT molecular complexity index is 1060. The van der Waals surface area contributed by atoms with E-state index in [2.05, 4.69) is 0 Å². The van der Waals surface area contributed by atoms with Gasteiger partial charge in [0.2, 0.25) is 5.78 Å². The van der Waals surface area contributed by atoms with E-state index in [1.807, 2.05) is 54.6 Å². The predicted octanol–water partition coefficient (Wildman–Crippen LogP) is 4.58. The molecule has 5 rings (SSSR count). The number of benzene rings is 3. The van der Waals surface area contributed by atoms with E-state index in [0.717, 1.165) is 16.8 Å². The van der Waals surface area contributed by atoms with Crippen molar-refractivity contribution in [1.82, 2.24) is 5.01 Å². The maximum atomic E-state index is 13.3. The van der Waals surface area contributed by atoms with Gasteiger partial charge in [0.05, 0.1) is 11.8 Å². The molecule has 0 aliphatic carbocycles. The largest absolute Gasteiger partial charge is 0.461 e. The molecule has 5 heteroatoms. The predicted molar refractivity (Wildman–Crippen MR) is 104 cm³/mol. The molecule has 0 fully saturated rings. The van der Waals surface area contributed by atoms with Crippen molar-refractivity contribution >= 4 is 11.5 Å². The highest BCUT2D eigenvalue weighted by atomic mass is 19.1. The summed E-state index contributed by atoms with van der Waals surface area (Å²) in [4.78, 5) is 13.1. The summed E-state index contributed by atoms with van der Waals surface area (Å²) in [5.74, 6) is 0.0705. The number of nitrogens with zero attached hydrogens (tertiary/aromatic N) is 2. The Balaban J connectivity index is 1.56. The number of Topliss-reactive ketones (excluding diaryl/α,β-unsaturated/α-hetero) is 1. The van der Waals surface area contributed by atoms with Crippen LogP contribution in [0.15, 0.2) is 84.0 Å². The SMILES string of the molecule is O=C(c1ccc(F)cc1)[C@@H]1Oc2ccccc2[C@H]2CC(c3ccccc3)=NN21. The normalized spacial score (nSPS) is 20.0. The lowest BCUT2D eigenvalue weighted by molar-refractivity contribution is -0.00456. The third-order valence-electron chi connectivity index (χ3n) is 5.16. The molecule has 2 aliphatic heterocycles. The highest BCUT2D eigenvalue weighted by Gasteiger charge is 2.43. The number of carbonyl (C=O) groups is 1. The van der Waals surface area contributed by atoms with Crippen LogP contribution < -0.4 is 4.74 Å².